The molecule has 0 aliphatic rings. The number of benzene rings is 2. The maximum absolute atomic E-state index is 12.0. The zero-order valence-corrected chi connectivity index (χ0v) is 10.8. The van der Waals surface area contributed by atoms with E-state index in [1.54, 1.807) is 24.3 Å². The Kier molecular flexibility index (Phi) is 3.92. The van der Waals surface area contributed by atoms with Crippen molar-refractivity contribution in [3.8, 4) is 11.8 Å². The Hall–Kier alpha value is -2.93. The van der Waals surface area contributed by atoms with Crippen molar-refractivity contribution in [3.05, 3.63) is 65.2 Å². The van der Waals surface area contributed by atoms with E-state index in [1.807, 2.05) is 6.07 Å². The molecule has 0 amide bonds. The summed E-state index contributed by atoms with van der Waals surface area (Å²) in [5.74, 6) is -0.565. The fourth-order valence-corrected chi connectivity index (χ4v) is 1.70. The molecular formula is C16H11NO3. The number of methoxy groups -OCH3 is 1. The SMILES string of the molecule is COc1ccc(C(=O)C(=O)c2ccc(C#N)cc2)cc1. The molecule has 2 rings (SSSR count). The highest BCUT2D eigenvalue weighted by atomic mass is 16.5. The van der Waals surface area contributed by atoms with Gasteiger partial charge in [-0.25, -0.2) is 0 Å². The molecule has 0 aliphatic carbocycles. The monoisotopic (exact) mass is 265 g/mol. The Labute approximate surface area is 116 Å². The minimum Gasteiger partial charge on any atom is -0.497 e. The van der Waals surface area contributed by atoms with Crippen LogP contribution in [-0.2, 0) is 0 Å². The molecular weight excluding hydrogens is 254 g/mol. The second-order valence-electron chi connectivity index (χ2n) is 4.08. The van der Waals surface area contributed by atoms with Crippen LogP contribution in [0.15, 0.2) is 48.5 Å². The van der Waals surface area contributed by atoms with E-state index < -0.39 is 11.6 Å². The van der Waals surface area contributed by atoms with Gasteiger partial charge in [0.05, 0.1) is 18.7 Å². The Morgan fingerprint density at radius 1 is 0.900 bits per heavy atom. The Balaban J connectivity index is 2.22. The van der Waals surface area contributed by atoms with Crippen molar-refractivity contribution in [2.75, 3.05) is 7.11 Å². The summed E-state index contributed by atoms with van der Waals surface area (Å²) < 4.78 is 4.99. The van der Waals surface area contributed by atoms with Crippen LogP contribution in [0.5, 0.6) is 5.75 Å². The number of ketones is 2. The third kappa shape index (κ3) is 2.73. The second-order valence-corrected chi connectivity index (χ2v) is 4.08. The first kappa shape index (κ1) is 13.5. The number of rotatable bonds is 4. The summed E-state index contributed by atoms with van der Waals surface area (Å²) in [7, 11) is 1.53. The molecule has 0 aliphatic heterocycles. The van der Waals surface area contributed by atoms with Crippen LogP contribution in [0.2, 0.25) is 0 Å². The smallest absolute Gasteiger partial charge is 0.233 e. The lowest BCUT2D eigenvalue weighted by molar-refractivity contribution is 0.0817. The highest BCUT2D eigenvalue weighted by Crippen LogP contribution is 2.14. The fraction of sp³-hybridized carbons (Fsp3) is 0.0625. The van der Waals surface area contributed by atoms with E-state index >= 15 is 0 Å². The number of hydrogen-bond acceptors (Lipinski definition) is 4. The summed E-state index contributed by atoms with van der Waals surface area (Å²) in [6.07, 6.45) is 0. The Morgan fingerprint density at radius 3 is 1.75 bits per heavy atom. The number of carbonyl (C=O) groups is 2. The van der Waals surface area contributed by atoms with Gasteiger partial charge < -0.3 is 4.74 Å². The van der Waals surface area contributed by atoms with Crippen molar-refractivity contribution in [1.29, 1.82) is 5.26 Å². The molecule has 4 heteroatoms. The maximum Gasteiger partial charge on any atom is 0.233 e. The molecule has 4 nitrogen and oxygen atoms in total. The molecule has 2 aromatic carbocycles. The normalized spacial score (nSPS) is 9.60. The number of Topliss-reactive ketones (excluding diaryl/α,β-unsaturated/α-hetero) is 2. The molecule has 0 aromatic heterocycles. The van der Waals surface area contributed by atoms with Crippen molar-refractivity contribution in [2.45, 2.75) is 0 Å². The largest absolute Gasteiger partial charge is 0.497 e. The van der Waals surface area contributed by atoms with Gasteiger partial charge in [-0.15, -0.1) is 0 Å². The van der Waals surface area contributed by atoms with Gasteiger partial charge >= 0.3 is 0 Å². The van der Waals surface area contributed by atoms with Crippen molar-refractivity contribution in [2.24, 2.45) is 0 Å². The number of carbonyl (C=O) groups excluding carboxylic acids is 2. The van der Waals surface area contributed by atoms with Gasteiger partial charge in [-0.2, -0.15) is 5.26 Å². The van der Waals surface area contributed by atoms with Gasteiger partial charge in [-0.3, -0.25) is 9.59 Å². The first-order valence-electron chi connectivity index (χ1n) is 5.89. The average molecular weight is 265 g/mol. The standard InChI is InChI=1S/C16H11NO3/c1-20-14-8-6-13(7-9-14)16(19)15(18)12-4-2-11(10-17)3-5-12/h2-9H,1H3. The van der Waals surface area contributed by atoms with Crippen LogP contribution in [0.25, 0.3) is 0 Å². The summed E-state index contributed by atoms with van der Waals surface area (Å²) in [6.45, 7) is 0. The lowest BCUT2D eigenvalue weighted by Crippen LogP contribution is -2.14. The fourth-order valence-electron chi connectivity index (χ4n) is 1.70. The van der Waals surface area contributed by atoms with E-state index in [9.17, 15) is 9.59 Å². The predicted octanol–water partition coefficient (Wildman–Crippen LogP) is 2.63. The molecule has 0 atom stereocenters. The van der Waals surface area contributed by atoms with Crippen LogP contribution in [0, 0.1) is 11.3 Å². The van der Waals surface area contributed by atoms with Gasteiger partial charge in [-0.05, 0) is 48.5 Å². The molecule has 98 valence electrons. The minimum absolute atomic E-state index is 0.268. The lowest BCUT2D eigenvalue weighted by Gasteiger charge is -2.03. The van der Waals surface area contributed by atoms with Crippen molar-refractivity contribution < 1.29 is 14.3 Å². The van der Waals surface area contributed by atoms with Crippen molar-refractivity contribution in [1.82, 2.24) is 0 Å². The second kappa shape index (κ2) is 5.81. The van der Waals surface area contributed by atoms with Gasteiger partial charge in [-0.1, -0.05) is 0 Å². The van der Waals surface area contributed by atoms with E-state index in [0.717, 1.165) is 0 Å². The maximum atomic E-state index is 12.0. The van der Waals surface area contributed by atoms with Crippen LogP contribution < -0.4 is 4.74 Å². The molecule has 20 heavy (non-hydrogen) atoms. The van der Waals surface area contributed by atoms with E-state index in [1.165, 1.54) is 31.4 Å². The van der Waals surface area contributed by atoms with Crippen molar-refractivity contribution >= 4 is 11.6 Å². The third-order valence-electron chi connectivity index (χ3n) is 2.83. The number of hydrogen-bond donors (Lipinski definition) is 0. The van der Waals surface area contributed by atoms with Crippen LogP contribution in [0.1, 0.15) is 26.3 Å². The van der Waals surface area contributed by atoms with E-state index in [0.29, 0.717) is 16.9 Å². The summed E-state index contributed by atoms with van der Waals surface area (Å²) >= 11 is 0. The molecule has 0 unspecified atom stereocenters. The van der Waals surface area contributed by atoms with E-state index in [-0.39, 0.29) is 5.56 Å². The molecule has 0 N–H and O–H groups in total. The van der Waals surface area contributed by atoms with Crippen molar-refractivity contribution in [3.63, 3.8) is 0 Å². The molecule has 0 heterocycles. The minimum atomic E-state index is -0.598. The van der Waals surface area contributed by atoms with Crippen LogP contribution in [0.4, 0.5) is 0 Å². The highest BCUT2D eigenvalue weighted by molar-refractivity contribution is 6.49. The van der Waals surface area contributed by atoms with E-state index in [4.69, 9.17) is 10.00 Å². The molecule has 0 saturated carbocycles. The zero-order chi connectivity index (χ0) is 14.5. The van der Waals surface area contributed by atoms with Gasteiger partial charge in [0.1, 0.15) is 5.75 Å². The summed E-state index contributed by atoms with van der Waals surface area (Å²) in [5, 5.41) is 8.69. The number of nitrogens with zero attached hydrogens (tertiary/aromatic N) is 1. The van der Waals surface area contributed by atoms with Gasteiger partial charge in [0.2, 0.25) is 11.6 Å². The first-order valence-corrected chi connectivity index (χ1v) is 5.89. The quantitative estimate of drug-likeness (QED) is 0.629. The van der Waals surface area contributed by atoms with E-state index in [2.05, 4.69) is 0 Å². The Bertz CT molecular complexity index is 679. The third-order valence-corrected chi connectivity index (χ3v) is 2.83. The topological polar surface area (TPSA) is 67.2 Å². The average Bonchev–Trinajstić information content (AvgIpc) is 2.53. The zero-order valence-electron chi connectivity index (χ0n) is 10.8. The van der Waals surface area contributed by atoms with Gasteiger partial charge in [0, 0.05) is 11.1 Å². The lowest BCUT2D eigenvalue weighted by atomic mass is 10.0. The predicted molar refractivity (Wildman–Crippen MR) is 72.8 cm³/mol. The highest BCUT2D eigenvalue weighted by Gasteiger charge is 2.18. The number of ether oxygens (including phenoxy) is 1. The molecule has 2 aromatic rings. The molecule has 0 bridgehead atoms. The molecule has 0 saturated heterocycles. The van der Waals surface area contributed by atoms with Gasteiger partial charge in [0.25, 0.3) is 0 Å². The molecule has 0 fully saturated rings. The molecule has 0 radical (unpaired) electrons. The summed E-state index contributed by atoms with van der Waals surface area (Å²) in [6, 6.07) is 14.3. The van der Waals surface area contributed by atoms with Crippen LogP contribution >= 0.6 is 0 Å². The summed E-state index contributed by atoms with van der Waals surface area (Å²) in [5.41, 5.74) is 1.02. The first-order chi connectivity index (χ1) is 9.65. The summed E-state index contributed by atoms with van der Waals surface area (Å²) in [4.78, 5) is 24.1. The van der Waals surface area contributed by atoms with Gasteiger partial charge in [0.15, 0.2) is 0 Å². The molecule has 0 spiro atoms. The van der Waals surface area contributed by atoms with Crippen LogP contribution in [0.3, 0.4) is 0 Å². The number of nitriles is 1. The van der Waals surface area contributed by atoms with Crippen LogP contribution in [-0.4, -0.2) is 18.7 Å². The Morgan fingerprint density at radius 2 is 1.35 bits per heavy atom.